The highest BCUT2D eigenvalue weighted by Gasteiger charge is 1.98. The normalized spacial score (nSPS) is 9.00. The Morgan fingerprint density at radius 1 is 1.67 bits per heavy atom. The Balaban J connectivity index is 2.76. The maximum Gasteiger partial charge on any atom is 0.317 e. The van der Waals surface area contributed by atoms with Gasteiger partial charge in [0.2, 0.25) is 5.95 Å². The van der Waals surface area contributed by atoms with E-state index in [4.69, 9.17) is 0 Å². The standard InChI is InChI=1S/C11H10FNO2/c1-8-6-10(12)13-7-9(8)4-3-5-11(14)15-2/h6-7H,5H2,1-2H3. The summed E-state index contributed by atoms with van der Waals surface area (Å²) >= 11 is 0. The summed E-state index contributed by atoms with van der Waals surface area (Å²) in [5, 5.41) is 0. The Morgan fingerprint density at radius 2 is 2.40 bits per heavy atom. The van der Waals surface area contributed by atoms with Crippen molar-refractivity contribution in [2.75, 3.05) is 7.11 Å². The average Bonchev–Trinajstić information content (AvgIpc) is 2.21. The summed E-state index contributed by atoms with van der Waals surface area (Å²) in [4.78, 5) is 14.2. The maximum absolute atomic E-state index is 12.6. The Hall–Kier alpha value is -1.89. The van der Waals surface area contributed by atoms with Crippen molar-refractivity contribution < 1.29 is 13.9 Å². The zero-order valence-electron chi connectivity index (χ0n) is 8.50. The second kappa shape index (κ2) is 5.11. The van der Waals surface area contributed by atoms with Crippen molar-refractivity contribution in [1.82, 2.24) is 4.98 Å². The number of rotatable bonds is 1. The van der Waals surface area contributed by atoms with Crippen molar-refractivity contribution in [3.8, 4) is 11.8 Å². The number of esters is 1. The number of nitrogens with zero attached hydrogens (tertiary/aromatic N) is 1. The minimum Gasteiger partial charge on any atom is -0.468 e. The molecule has 0 atom stereocenters. The van der Waals surface area contributed by atoms with Crippen LogP contribution in [0.2, 0.25) is 0 Å². The molecule has 15 heavy (non-hydrogen) atoms. The molecule has 0 bridgehead atoms. The number of halogens is 1. The summed E-state index contributed by atoms with van der Waals surface area (Å²) in [6.07, 6.45) is 1.36. The van der Waals surface area contributed by atoms with Crippen molar-refractivity contribution >= 4 is 5.97 Å². The van der Waals surface area contributed by atoms with Crippen molar-refractivity contribution in [3.63, 3.8) is 0 Å². The fraction of sp³-hybridized carbons (Fsp3) is 0.273. The number of hydrogen-bond donors (Lipinski definition) is 0. The molecule has 1 aromatic heterocycles. The van der Waals surface area contributed by atoms with Crippen LogP contribution >= 0.6 is 0 Å². The van der Waals surface area contributed by atoms with Gasteiger partial charge in [-0.15, -0.1) is 0 Å². The van der Waals surface area contributed by atoms with Crippen molar-refractivity contribution in [2.24, 2.45) is 0 Å². The first-order valence-electron chi connectivity index (χ1n) is 4.31. The summed E-state index contributed by atoms with van der Waals surface area (Å²) in [7, 11) is 1.30. The van der Waals surface area contributed by atoms with Gasteiger partial charge in [-0.05, 0) is 18.6 Å². The fourth-order valence-corrected chi connectivity index (χ4v) is 0.936. The molecule has 78 valence electrons. The van der Waals surface area contributed by atoms with E-state index in [2.05, 4.69) is 21.6 Å². The van der Waals surface area contributed by atoms with Crippen LogP contribution in [0.1, 0.15) is 17.5 Å². The summed E-state index contributed by atoms with van der Waals surface area (Å²) < 4.78 is 17.0. The predicted molar refractivity (Wildman–Crippen MR) is 52.4 cm³/mol. The van der Waals surface area contributed by atoms with Crippen molar-refractivity contribution in [3.05, 3.63) is 29.3 Å². The number of carbonyl (C=O) groups excluding carboxylic acids is 1. The molecule has 3 nitrogen and oxygen atoms in total. The third-order valence-electron chi connectivity index (χ3n) is 1.76. The highest BCUT2D eigenvalue weighted by molar-refractivity contribution is 5.72. The van der Waals surface area contributed by atoms with E-state index in [1.165, 1.54) is 19.4 Å². The average molecular weight is 207 g/mol. The maximum atomic E-state index is 12.6. The number of ether oxygens (including phenoxy) is 1. The number of aryl methyl sites for hydroxylation is 1. The van der Waals surface area contributed by atoms with Crippen molar-refractivity contribution in [2.45, 2.75) is 13.3 Å². The van der Waals surface area contributed by atoms with E-state index >= 15 is 0 Å². The van der Waals surface area contributed by atoms with Gasteiger partial charge >= 0.3 is 5.97 Å². The highest BCUT2D eigenvalue weighted by Crippen LogP contribution is 2.05. The molecule has 0 unspecified atom stereocenters. The second-order valence-electron chi connectivity index (χ2n) is 2.88. The van der Waals surface area contributed by atoms with Gasteiger partial charge in [0.1, 0.15) is 6.42 Å². The molecule has 0 aromatic carbocycles. The molecule has 1 aromatic rings. The first-order chi connectivity index (χ1) is 7.13. The minimum absolute atomic E-state index is 0.0211. The molecule has 0 fully saturated rings. The Labute approximate surface area is 87.3 Å². The zero-order valence-corrected chi connectivity index (χ0v) is 8.50. The Morgan fingerprint density at radius 3 is 3.00 bits per heavy atom. The second-order valence-corrected chi connectivity index (χ2v) is 2.88. The van der Waals surface area contributed by atoms with Crippen LogP contribution in [0.15, 0.2) is 12.3 Å². The van der Waals surface area contributed by atoms with E-state index in [0.717, 1.165) is 0 Å². The van der Waals surface area contributed by atoms with Crippen molar-refractivity contribution in [1.29, 1.82) is 0 Å². The van der Waals surface area contributed by atoms with Gasteiger partial charge in [-0.3, -0.25) is 4.79 Å². The predicted octanol–water partition coefficient (Wildman–Crippen LogP) is 1.44. The summed E-state index contributed by atoms with van der Waals surface area (Å²) in [5.74, 6) is 4.42. The Kier molecular flexibility index (Phi) is 3.81. The molecule has 4 heteroatoms. The monoisotopic (exact) mass is 207 g/mol. The van der Waals surface area contributed by atoms with Gasteiger partial charge in [0.05, 0.1) is 7.11 Å². The molecule has 0 saturated carbocycles. The molecule has 0 aliphatic carbocycles. The summed E-state index contributed by atoms with van der Waals surface area (Å²) in [6, 6.07) is 1.29. The largest absolute Gasteiger partial charge is 0.468 e. The first-order valence-corrected chi connectivity index (χ1v) is 4.31. The van der Waals surface area contributed by atoms with Crippen LogP contribution in [0.4, 0.5) is 4.39 Å². The van der Waals surface area contributed by atoms with Gasteiger partial charge in [-0.2, -0.15) is 4.39 Å². The molecule has 0 saturated heterocycles. The van der Waals surface area contributed by atoms with Crippen LogP contribution in [0.25, 0.3) is 0 Å². The molecule has 0 aliphatic rings. The third-order valence-corrected chi connectivity index (χ3v) is 1.76. The van der Waals surface area contributed by atoms with E-state index in [9.17, 15) is 9.18 Å². The van der Waals surface area contributed by atoms with Crippen LogP contribution in [0.5, 0.6) is 0 Å². The van der Waals surface area contributed by atoms with E-state index in [1.807, 2.05) is 0 Å². The lowest BCUT2D eigenvalue weighted by Gasteiger charge is -1.96. The van der Waals surface area contributed by atoms with E-state index in [0.29, 0.717) is 11.1 Å². The number of pyridine rings is 1. The molecule has 0 N–H and O–H groups in total. The van der Waals surface area contributed by atoms with E-state index < -0.39 is 11.9 Å². The molecular formula is C11H10FNO2. The topological polar surface area (TPSA) is 39.2 Å². The van der Waals surface area contributed by atoms with Gasteiger partial charge in [0.15, 0.2) is 0 Å². The first kappa shape index (κ1) is 11.2. The molecule has 0 aliphatic heterocycles. The van der Waals surface area contributed by atoms with Gasteiger partial charge in [0.25, 0.3) is 0 Å². The SMILES string of the molecule is COC(=O)CC#Cc1cnc(F)cc1C. The summed E-state index contributed by atoms with van der Waals surface area (Å²) in [6.45, 7) is 1.73. The smallest absolute Gasteiger partial charge is 0.317 e. The third kappa shape index (κ3) is 3.39. The molecular weight excluding hydrogens is 197 g/mol. The zero-order chi connectivity index (χ0) is 11.3. The molecule has 0 spiro atoms. The van der Waals surface area contributed by atoms with Crippen LogP contribution < -0.4 is 0 Å². The molecule has 1 rings (SSSR count). The molecule has 0 radical (unpaired) electrons. The number of carbonyl (C=O) groups is 1. The highest BCUT2D eigenvalue weighted by atomic mass is 19.1. The number of methoxy groups -OCH3 is 1. The van der Waals surface area contributed by atoms with Crippen LogP contribution in [-0.2, 0) is 9.53 Å². The van der Waals surface area contributed by atoms with Gasteiger partial charge < -0.3 is 4.74 Å². The lowest BCUT2D eigenvalue weighted by Crippen LogP contribution is -1.97. The van der Waals surface area contributed by atoms with E-state index in [-0.39, 0.29) is 6.42 Å². The van der Waals surface area contributed by atoms with Crippen LogP contribution in [0.3, 0.4) is 0 Å². The lowest BCUT2D eigenvalue weighted by molar-refractivity contribution is -0.139. The fourth-order valence-electron chi connectivity index (χ4n) is 0.936. The minimum atomic E-state index is -0.536. The van der Waals surface area contributed by atoms with Crippen LogP contribution in [0, 0.1) is 24.7 Å². The number of aromatic nitrogens is 1. The van der Waals surface area contributed by atoms with Gasteiger partial charge in [-0.25, -0.2) is 4.98 Å². The molecule has 0 amide bonds. The summed E-state index contributed by atoms with van der Waals surface area (Å²) in [5.41, 5.74) is 1.31. The van der Waals surface area contributed by atoms with E-state index in [1.54, 1.807) is 6.92 Å². The quantitative estimate of drug-likeness (QED) is 0.397. The number of hydrogen-bond acceptors (Lipinski definition) is 3. The van der Waals surface area contributed by atoms with Gasteiger partial charge in [-0.1, -0.05) is 11.8 Å². The molecule has 1 heterocycles. The van der Waals surface area contributed by atoms with Gasteiger partial charge in [0, 0.05) is 11.8 Å². The Bertz CT molecular complexity index is 432. The van der Waals surface area contributed by atoms with Crippen LogP contribution in [-0.4, -0.2) is 18.1 Å². The lowest BCUT2D eigenvalue weighted by atomic mass is 10.1.